The summed E-state index contributed by atoms with van der Waals surface area (Å²) in [5.74, 6) is 0.358. The molecular formula is C20H25N3O4. The van der Waals surface area contributed by atoms with Crippen molar-refractivity contribution >= 4 is 11.7 Å². The molecule has 0 bridgehead atoms. The zero-order valence-electron chi connectivity index (χ0n) is 16.2. The number of aryl methyl sites for hydroxylation is 2. The molecule has 144 valence electrons. The maximum atomic E-state index is 12.9. The van der Waals surface area contributed by atoms with Crippen molar-refractivity contribution in [3.63, 3.8) is 0 Å². The number of nitrogens with zero attached hydrogens (tertiary/aromatic N) is 3. The van der Waals surface area contributed by atoms with E-state index in [1.165, 1.54) is 6.92 Å². The molecule has 1 aliphatic heterocycles. The van der Waals surface area contributed by atoms with Crippen LogP contribution in [0.1, 0.15) is 40.3 Å². The lowest BCUT2D eigenvalue weighted by molar-refractivity contribution is -0.142. The third kappa shape index (κ3) is 4.03. The quantitative estimate of drug-likeness (QED) is 0.754. The highest BCUT2D eigenvalue weighted by atomic mass is 16.5. The van der Waals surface area contributed by atoms with Crippen LogP contribution < -0.4 is 4.74 Å². The molecule has 0 radical (unpaired) electrons. The van der Waals surface area contributed by atoms with Crippen LogP contribution in [0.15, 0.2) is 24.3 Å². The maximum Gasteiger partial charge on any atom is 0.261 e. The molecule has 0 aliphatic carbocycles. The second-order valence-corrected chi connectivity index (χ2v) is 6.76. The van der Waals surface area contributed by atoms with Crippen LogP contribution in [0.4, 0.5) is 0 Å². The number of ketones is 1. The fourth-order valence-corrected chi connectivity index (χ4v) is 3.45. The predicted octanol–water partition coefficient (Wildman–Crippen LogP) is 2.22. The Bertz CT molecular complexity index is 859. The lowest BCUT2D eigenvalue weighted by Crippen LogP contribution is -2.45. The van der Waals surface area contributed by atoms with E-state index in [9.17, 15) is 9.59 Å². The van der Waals surface area contributed by atoms with Crippen molar-refractivity contribution in [2.45, 2.75) is 26.8 Å². The third-order valence-corrected chi connectivity index (χ3v) is 4.95. The third-order valence-electron chi connectivity index (χ3n) is 4.95. The van der Waals surface area contributed by atoms with Crippen LogP contribution in [0, 0.1) is 13.8 Å². The van der Waals surface area contributed by atoms with E-state index in [0.717, 1.165) is 17.0 Å². The topological polar surface area (TPSA) is 73.7 Å². The Morgan fingerprint density at radius 2 is 2.11 bits per heavy atom. The monoisotopic (exact) mass is 371 g/mol. The first kappa shape index (κ1) is 19.1. The molecule has 0 spiro atoms. The Hall–Kier alpha value is -2.67. The lowest BCUT2D eigenvalue weighted by atomic mass is 10.0. The molecule has 2 aromatic rings. The van der Waals surface area contributed by atoms with E-state index in [2.05, 4.69) is 5.10 Å². The van der Waals surface area contributed by atoms with Crippen molar-refractivity contribution in [3.05, 3.63) is 46.8 Å². The number of morpholine rings is 1. The lowest BCUT2D eigenvalue weighted by Gasteiger charge is -2.36. The number of amides is 1. The summed E-state index contributed by atoms with van der Waals surface area (Å²) in [5.41, 5.74) is 3.52. The van der Waals surface area contributed by atoms with E-state index in [1.54, 1.807) is 29.2 Å². The predicted molar refractivity (Wildman–Crippen MR) is 99.9 cm³/mol. The van der Waals surface area contributed by atoms with Gasteiger partial charge in [-0.15, -0.1) is 0 Å². The normalized spacial score (nSPS) is 17.0. The first-order valence-corrected chi connectivity index (χ1v) is 8.99. The summed E-state index contributed by atoms with van der Waals surface area (Å²) in [7, 11) is 1.90. The smallest absolute Gasteiger partial charge is 0.261 e. The van der Waals surface area contributed by atoms with Gasteiger partial charge in [0.05, 0.1) is 24.9 Å². The molecule has 1 amide bonds. The minimum Gasteiger partial charge on any atom is -0.484 e. The van der Waals surface area contributed by atoms with Crippen molar-refractivity contribution in [3.8, 4) is 5.75 Å². The molecule has 3 rings (SSSR count). The summed E-state index contributed by atoms with van der Waals surface area (Å²) in [6.07, 6.45) is 0. The van der Waals surface area contributed by atoms with Gasteiger partial charge in [0, 0.05) is 30.4 Å². The van der Waals surface area contributed by atoms with E-state index in [-0.39, 0.29) is 24.3 Å². The highest BCUT2D eigenvalue weighted by Gasteiger charge is 2.32. The zero-order chi connectivity index (χ0) is 19.6. The second-order valence-electron chi connectivity index (χ2n) is 6.76. The molecule has 1 aliphatic rings. The molecule has 0 saturated carbocycles. The van der Waals surface area contributed by atoms with Gasteiger partial charge in [0.2, 0.25) is 0 Å². The molecule has 0 unspecified atom stereocenters. The first-order chi connectivity index (χ1) is 12.9. The fraction of sp³-hybridized carbons (Fsp3) is 0.450. The SMILES string of the molecule is CC(=O)c1cccc(OCC(=O)N2CCOC[C@H]2c2c(C)nn(C)c2C)c1. The molecule has 1 aromatic heterocycles. The number of aromatic nitrogens is 2. The highest BCUT2D eigenvalue weighted by molar-refractivity contribution is 5.94. The molecular weight excluding hydrogens is 346 g/mol. The largest absolute Gasteiger partial charge is 0.484 e. The number of carbonyl (C=O) groups is 2. The zero-order valence-corrected chi connectivity index (χ0v) is 16.2. The Morgan fingerprint density at radius 1 is 1.33 bits per heavy atom. The summed E-state index contributed by atoms with van der Waals surface area (Å²) in [6, 6.07) is 6.69. The Labute approximate surface area is 158 Å². The number of Topliss-reactive ketones (excluding diaryl/α,β-unsaturated/α-hetero) is 1. The Morgan fingerprint density at radius 3 is 2.78 bits per heavy atom. The van der Waals surface area contributed by atoms with E-state index < -0.39 is 0 Å². The molecule has 1 aromatic carbocycles. The molecule has 0 N–H and O–H groups in total. The summed E-state index contributed by atoms with van der Waals surface area (Å²) in [5, 5.41) is 4.46. The van der Waals surface area contributed by atoms with Crippen LogP contribution in [-0.4, -0.2) is 52.7 Å². The van der Waals surface area contributed by atoms with Gasteiger partial charge in [0.15, 0.2) is 12.4 Å². The minimum atomic E-state index is -0.174. The van der Waals surface area contributed by atoms with Gasteiger partial charge in [-0.05, 0) is 32.9 Å². The number of hydrogen-bond acceptors (Lipinski definition) is 5. The van der Waals surface area contributed by atoms with Gasteiger partial charge in [-0.25, -0.2) is 0 Å². The molecule has 1 atom stereocenters. The van der Waals surface area contributed by atoms with Crippen molar-refractivity contribution < 1.29 is 19.1 Å². The van der Waals surface area contributed by atoms with Crippen molar-refractivity contribution in [2.24, 2.45) is 7.05 Å². The van der Waals surface area contributed by atoms with Gasteiger partial charge in [-0.2, -0.15) is 5.10 Å². The van der Waals surface area contributed by atoms with E-state index in [4.69, 9.17) is 9.47 Å². The van der Waals surface area contributed by atoms with E-state index in [0.29, 0.717) is 31.1 Å². The summed E-state index contributed by atoms with van der Waals surface area (Å²) in [4.78, 5) is 26.2. The van der Waals surface area contributed by atoms with Crippen LogP contribution in [-0.2, 0) is 16.6 Å². The molecule has 27 heavy (non-hydrogen) atoms. The average Bonchev–Trinajstić information content (AvgIpc) is 2.91. The van der Waals surface area contributed by atoms with Gasteiger partial charge >= 0.3 is 0 Å². The van der Waals surface area contributed by atoms with Gasteiger partial charge in [0.1, 0.15) is 5.75 Å². The van der Waals surface area contributed by atoms with Crippen molar-refractivity contribution in [1.82, 2.24) is 14.7 Å². The highest BCUT2D eigenvalue weighted by Crippen LogP contribution is 2.29. The van der Waals surface area contributed by atoms with Crippen LogP contribution >= 0.6 is 0 Å². The van der Waals surface area contributed by atoms with Crippen LogP contribution in [0.25, 0.3) is 0 Å². The standard InChI is InChI=1S/C20H25N3O4/c1-13-20(14(2)22(4)21-13)18-11-26-9-8-23(18)19(25)12-27-17-7-5-6-16(10-17)15(3)24/h5-7,10,18H,8-9,11-12H2,1-4H3/t18-/m0/s1. The first-order valence-electron chi connectivity index (χ1n) is 8.99. The van der Waals surface area contributed by atoms with Gasteiger partial charge in [0.25, 0.3) is 5.91 Å². The fourth-order valence-electron chi connectivity index (χ4n) is 3.45. The summed E-state index contributed by atoms with van der Waals surface area (Å²) >= 11 is 0. The average molecular weight is 371 g/mol. The van der Waals surface area contributed by atoms with Crippen LogP contribution in [0.3, 0.4) is 0 Å². The number of rotatable bonds is 5. The Balaban J connectivity index is 1.74. The second kappa shape index (κ2) is 7.92. The van der Waals surface area contributed by atoms with Gasteiger partial charge in [-0.3, -0.25) is 14.3 Å². The number of hydrogen-bond donors (Lipinski definition) is 0. The maximum absolute atomic E-state index is 12.9. The van der Waals surface area contributed by atoms with Crippen LogP contribution in [0.2, 0.25) is 0 Å². The van der Waals surface area contributed by atoms with Crippen molar-refractivity contribution in [1.29, 1.82) is 0 Å². The summed E-state index contributed by atoms with van der Waals surface area (Å²) < 4.78 is 13.1. The van der Waals surface area contributed by atoms with Crippen LogP contribution in [0.5, 0.6) is 5.75 Å². The van der Waals surface area contributed by atoms with Gasteiger partial charge in [-0.1, -0.05) is 12.1 Å². The molecule has 7 heteroatoms. The number of ether oxygens (including phenoxy) is 2. The number of carbonyl (C=O) groups excluding carboxylic acids is 2. The number of benzene rings is 1. The molecule has 1 fully saturated rings. The van der Waals surface area contributed by atoms with Gasteiger partial charge < -0.3 is 14.4 Å². The van der Waals surface area contributed by atoms with E-state index in [1.807, 2.05) is 25.6 Å². The summed E-state index contributed by atoms with van der Waals surface area (Å²) in [6.45, 7) is 6.81. The minimum absolute atomic E-state index is 0.0393. The van der Waals surface area contributed by atoms with Crippen molar-refractivity contribution in [2.75, 3.05) is 26.4 Å². The van der Waals surface area contributed by atoms with E-state index >= 15 is 0 Å². The Kier molecular flexibility index (Phi) is 5.60. The molecule has 1 saturated heterocycles. The molecule has 2 heterocycles. The molecule has 7 nitrogen and oxygen atoms in total.